The van der Waals surface area contributed by atoms with Gasteiger partial charge < -0.3 is 24.2 Å². The minimum absolute atomic E-state index is 0.0747. The molecule has 0 radical (unpaired) electrons. The number of methoxy groups -OCH3 is 1. The molecule has 162 valence electrons. The Kier molecular flexibility index (Phi) is 6.15. The highest BCUT2D eigenvalue weighted by Crippen LogP contribution is 2.33. The van der Waals surface area contributed by atoms with Crippen LogP contribution in [0.4, 0.5) is 5.69 Å². The lowest BCUT2D eigenvalue weighted by molar-refractivity contribution is 0.0696. The van der Waals surface area contributed by atoms with Crippen molar-refractivity contribution in [2.45, 2.75) is 13.0 Å². The summed E-state index contributed by atoms with van der Waals surface area (Å²) in [5.74, 6) is 0.607. The van der Waals surface area contributed by atoms with Gasteiger partial charge in [0, 0.05) is 36.8 Å². The maximum absolute atomic E-state index is 13.2. The number of piperazine rings is 1. The van der Waals surface area contributed by atoms with Gasteiger partial charge in [-0.15, -0.1) is 0 Å². The molecule has 0 aliphatic carbocycles. The second-order valence-corrected chi connectivity index (χ2v) is 7.84. The van der Waals surface area contributed by atoms with Gasteiger partial charge in [-0.05, 0) is 31.2 Å². The van der Waals surface area contributed by atoms with E-state index in [1.807, 2.05) is 24.3 Å². The Bertz CT molecular complexity index is 1060. The molecule has 2 heterocycles. The lowest BCUT2D eigenvalue weighted by Gasteiger charge is -2.36. The van der Waals surface area contributed by atoms with Crippen molar-refractivity contribution in [3.05, 3.63) is 64.9 Å². The Morgan fingerprint density at radius 1 is 1.13 bits per heavy atom. The summed E-state index contributed by atoms with van der Waals surface area (Å²) in [6.07, 6.45) is -0.911. The van der Waals surface area contributed by atoms with Crippen LogP contribution >= 0.6 is 11.6 Å². The van der Waals surface area contributed by atoms with Gasteiger partial charge >= 0.3 is 0 Å². The average molecular weight is 442 g/mol. The van der Waals surface area contributed by atoms with Crippen LogP contribution in [0.15, 0.2) is 53.1 Å². The standard InChI is InChI=1S/C23H24ClN3O4/c1-15(28)20-21(16-7-9-17(24)10-8-16)25-31-22(20)23(29)27-13-11-26(12-14-27)18-5-3-4-6-19(18)30-2/h3-10,15,28H,11-14H2,1-2H3/t15-/m0/s1. The fraction of sp³-hybridized carbons (Fsp3) is 0.304. The summed E-state index contributed by atoms with van der Waals surface area (Å²) in [7, 11) is 1.65. The molecule has 1 aliphatic rings. The zero-order chi connectivity index (χ0) is 22.0. The SMILES string of the molecule is COc1ccccc1N1CCN(C(=O)c2onc(-c3ccc(Cl)cc3)c2[C@H](C)O)CC1. The number of rotatable bonds is 5. The van der Waals surface area contributed by atoms with E-state index in [2.05, 4.69) is 10.1 Å². The maximum Gasteiger partial charge on any atom is 0.293 e. The van der Waals surface area contributed by atoms with Gasteiger partial charge in [-0.2, -0.15) is 0 Å². The van der Waals surface area contributed by atoms with Crippen LogP contribution in [0.2, 0.25) is 5.02 Å². The minimum atomic E-state index is -0.911. The number of carbonyl (C=O) groups excluding carboxylic acids is 1. The largest absolute Gasteiger partial charge is 0.495 e. The Morgan fingerprint density at radius 2 is 1.81 bits per heavy atom. The Morgan fingerprint density at radius 3 is 2.45 bits per heavy atom. The summed E-state index contributed by atoms with van der Waals surface area (Å²) in [5, 5.41) is 15.0. The molecule has 31 heavy (non-hydrogen) atoms. The number of benzene rings is 2. The first-order valence-corrected chi connectivity index (χ1v) is 10.5. The summed E-state index contributed by atoms with van der Waals surface area (Å²) in [6, 6.07) is 14.9. The maximum atomic E-state index is 13.2. The molecule has 0 unspecified atom stereocenters. The number of nitrogens with zero attached hydrogens (tertiary/aromatic N) is 3. The highest BCUT2D eigenvalue weighted by Gasteiger charge is 2.31. The number of ether oxygens (including phenoxy) is 1. The molecule has 3 aromatic rings. The number of anilines is 1. The third-order valence-corrected chi connectivity index (χ3v) is 5.70. The van der Waals surface area contributed by atoms with Crippen LogP contribution in [0.1, 0.15) is 29.1 Å². The van der Waals surface area contributed by atoms with Gasteiger partial charge in [-0.3, -0.25) is 4.79 Å². The monoisotopic (exact) mass is 441 g/mol. The van der Waals surface area contributed by atoms with E-state index in [0.717, 1.165) is 17.0 Å². The molecule has 1 atom stereocenters. The second kappa shape index (κ2) is 8.99. The third kappa shape index (κ3) is 4.24. The predicted octanol–water partition coefficient (Wildman–Crippen LogP) is 4.02. The van der Waals surface area contributed by atoms with Crippen molar-refractivity contribution < 1.29 is 19.2 Å². The van der Waals surface area contributed by atoms with Crippen molar-refractivity contribution in [2.75, 3.05) is 38.2 Å². The Hall–Kier alpha value is -3.03. The van der Waals surface area contributed by atoms with Crippen LogP contribution in [0, 0.1) is 0 Å². The topological polar surface area (TPSA) is 79.0 Å². The number of aliphatic hydroxyl groups is 1. The van der Waals surface area contributed by atoms with Crippen LogP contribution < -0.4 is 9.64 Å². The van der Waals surface area contributed by atoms with E-state index in [-0.39, 0.29) is 11.7 Å². The minimum Gasteiger partial charge on any atom is -0.495 e. The summed E-state index contributed by atoms with van der Waals surface area (Å²) >= 11 is 5.97. The van der Waals surface area contributed by atoms with E-state index in [4.69, 9.17) is 20.9 Å². The van der Waals surface area contributed by atoms with E-state index in [1.54, 1.807) is 43.2 Å². The van der Waals surface area contributed by atoms with Crippen molar-refractivity contribution in [2.24, 2.45) is 0 Å². The van der Waals surface area contributed by atoms with E-state index < -0.39 is 6.10 Å². The molecule has 1 aliphatic heterocycles. The van der Waals surface area contributed by atoms with Gasteiger partial charge in [-0.1, -0.05) is 41.0 Å². The van der Waals surface area contributed by atoms with Crippen molar-refractivity contribution in [3.63, 3.8) is 0 Å². The van der Waals surface area contributed by atoms with Crippen LogP contribution in [-0.4, -0.2) is 54.4 Å². The molecule has 0 bridgehead atoms. The summed E-state index contributed by atoms with van der Waals surface area (Å²) in [6.45, 7) is 3.96. The third-order valence-electron chi connectivity index (χ3n) is 5.45. The molecule has 8 heteroatoms. The van der Waals surface area contributed by atoms with Gasteiger partial charge in [0.1, 0.15) is 11.4 Å². The summed E-state index contributed by atoms with van der Waals surface area (Å²) in [5.41, 5.74) is 2.57. The Balaban J connectivity index is 1.53. The normalized spacial score (nSPS) is 15.1. The molecule has 1 N–H and O–H groups in total. The van der Waals surface area contributed by atoms with Crippen LogP contribution in [0.3, 0.4) is 0 Å². The molecule has 2 aromatic carbocycles. The fourth-order valence-corrected chi connectivity index (χ4v) is 3.97. The first-order valence-electron chi connectivity index (χ1n) is 10.1. The summed E-state index contributed by atoms with van der Waals surface area (Å²) in [4.78, 5) is 17.1. The smallest absolute Gasteiger partial charge is 0.293 e. The van der Waals surface area contributed by atoms with Crippen molar-refractivity contribution in [1.29, 1.82) is 0 Å². The molecule has 1 amide bonds. The number of carbonyl (C=O) groups is 1. The second-order valence-electron chi connectivity index (χ2n) is 7.41. The summed E-state index contributed by atoms with van der Waals surface area (Å²) < 4.78 is 10.9. The van der Waals surface area contributed by atoms with Gasteiger partial charge in [-0.25, -0.2) is 0 Å². The highest BCUT2D eigenvalue weighted by molar-refractivity contribution is 6.30. The number of aliphatic hydroxyl groups excluding tert-OH is 1. The first kappa shape index (κ1) is 21.2. The zero-order valence-electron chi connectivity index (χ0n) is 17.4. The van der Waals surface area contributed by atoms with Gasteiger partial charge in [0.15, 0.2) is 0 Å². The molecule has 1 saturated heterocycles. The molecule has 0 saturated carbocycles. The first-order chi connectivity index (χ1) is 15.0. The molecule has 1 aromatic heterocycles. The molecule has 0 spiro atoms. The van der Waals surface area contributed by atoms with E-state index in [9.17, 15) is 9.90 Å². The van der Waals surface area contributed by atoms with E-state index in [0.29, 0.717) is 42.5 Å². The number of hydrogen-bond donors (Lipinski definition) is 1. The van der Waals surface area contributed by atoms with E-state index >= 15 is 0 Å². The highest BCUT2D eigenvalue weighted by atomic mass is 35.5. The van der Waals surface area contributed by atoms with Crippen molar-refractivity contribution in [1.82, 2.24) is 10.1 Å². The fourth-order valence-electron chi connectivity index (χ4n) is 3.84. The van der Waals surface area contributed by atoms with Gasteiger partial charge in [0.05, 0.1) is 24.5 Å². The molecule has 7 nitrogen and oxygen atoms in total. The van der Waals surface area contributed by atoms with Gasteiger partial charge in [0.25, 0.3) is 5.91 Å². The molecule has 1 fully saturated rings. The quantitative estimate of drug-likeness (QED) is 0.644. The predicted molar refractivity (Wildman–Crippen MR) is 119 cm³/mol. The zero-order valence-corrected chi connectivity index (χ0v) is 18.2. The van der Waals surface area contributed by atoms with Crippen LogP contribution in [-0.2, 0) is 0 Å². The van der Waals surface area contributed by atoms with E-state index in [1.165, 1.54) is 0 Å². The van der Waals surface area contributed by atoms with Crippen LogP contribution in [0.25, 0.3) is 11.3 Å². The number of aromatic nitrogens is 1. The van der Waals surface area contributed by atoms with Crippen LogP contribution in [0.5, 0.6) is 5.75 Å². The molecule has 4 rings (SSSR count). The number of hydrogen-bond acceptors (Lipinski definition) is 6. The van der Waals surface area contributed by atoms with Crippen molar-refractivity contribution >= 4 is 23.2 Å². The molecular weight excluding hydrogens is 418 g/mol. The average Bonchev–Trinajstić information content (AvgIpc) is 3.24. The number of halogens is 1. The lowest BCUT2D eigenvalue weighted by atomic mass is 10.0. The molecular formula is C23H24ClN3O4. The number of para-hydroxylation sites is 2. The van der Waals surface area contributed by atoms with Gasteiger partial charge in [0.2, 0.25) is 5.76 Å². The Labute approximate surface area is 185 Å². The van der Waals surface area contributed by atoms with Crippen molar-refractivity contribution in [3.8, 4) is 17.0 Å². The lowest BCUT2D eigenvalue weighted by Crippen LogP contribution is -2.49. The number of amides is 1.